The second-order valence-corrected chi connectivity index (χ2v) is 5.35. The average molecular weight is 332 g/mol. The highest BCUT2D eigenvalue weighted by molar-refractivity contribution is 6.05. The number of hydrogen-bond acceptors (Lipinski definition) is 4. The number of esters is 1. The zero-order chi connectivity index (χ0) is 17.6. The van der Waals surface area contributed by atoms with Crippen LogP contribution in [0.25, 0.3) is 17.0 Å². The molecule has 0 radical (unpaired) electrons. The lowest BCUT2D eigenvalue weighted by atomic mass is 10.1. The van der Waals surface area contributed by atoms with Crippen molar-refractivity contribution < 1.29 is 14.3 Å². The Morgan fingerprint density at radius 3 is 2.60 bits per heavy atom. The monoisotopic (exact) mass is 332 g/mol. The van der Waals surface area contributed by atoms with Crippen molar-refractivity contribution in [2.45, 2.75) is 0 Å². The number of benzene rings is 2. The molecule has 0 bridgehead atoms. The first-order chi connectivity index (χ1) is 12.2. The second kappa shape index (κ2) is 7.40. The van der Waals surface area contributed by atoms with Crippen LogP contribution in [-0.2, 0) is 9.53 Å². The normalized spacial score (nSPS) is 10.8. The molecule has 0 atom stereocenters. The van der Waals surface area contributed by atoms with Crippen LogP contribution in [0.5, 0.6) is 0 Å². The molecular weight excluding hydrogens is 316 g/mol. The number of rotatable bonds is 4. The van der Waals surface area contributed by atoms with Gasteiger partial charge in [-0.15, -0.1) is 0 Å². The van der Waals surface area contributed by atoms with Crippen molar-refractivity contribution in [3.05, 3.63) is 78.0 Å². The number of amides is 1. The van der Waals surface area contributed by atoms with Gasteiger partial charge in [0.15, 0.2) is 0 Å². The highest BCUT2D eigenvalue weighted by atomic mass is 16.5. The number of hydrogen-bond donors (Lipinski definition) is 1. The third-order valence-corrected chi connectivity index (χ3v) is 3.63. The molecule has 1 heterocycles. The molecule has 3 aromatic rings. The number of nitrogens with zero attached hydrogens (tertiary/aromatic N) is 1. The van der Waals surface area contributed by atoms with Crippen LogP contribution in [0, 0.1) is 0 Å². The Kier molecular flexibility index (Phi) is 4.85. The van der Waals surface area contributed by atoms with Gasteiger partial charge in [0, 0.05) is 17.0 Å². The zero-order valence-corrected chi connectivity index (χ0v) is 13.6. The third-order valence-electron chi connectivity index (χ3n) is 3.63. The van der Waals surface area contributed by atoms with E-state index >= 15 is 0 Å². The molecule has 0 aliphatic heterocycles. The molecule has 2 aromatic carbocycles. The van der Waals surface area contributed by atoms with Gasteiger partial charge in [0.25, 0.3) is 5.91 Å². The second-order valence-electron chi connectivity index (χ2n) is 5.35. The highest BCUT2D eigenvalue weighted by Crippen LogP contribution is 2.17. The van der Waals surface area contributed by atoms with Gasteiger partial charge in [-0.1, -0.05) is 30.3 Å². The van der Waals surface area contributed by atoms with E-state index in [0.717, 1.165) is 16.5 Å². The van der Waals surface area contributed by atoms with Gasteiger partial charge in [0.1, 0.15) is 0 Å². The van der Waals surface area contributed by atoms with Crippen LogP contribution in [0.3, 0.4) is 0 Å². The number of nitrogens with one attached hydrogen (secondary N) is 1. The molecule has 124 valence electrons. The van der Waals surface area contributed by atoms with Crippen molar-refractivity contribution >= 4 is 34.5 Å². The number of carbonyl (C=O) groups is 2. The number of ether oxygens (including phenoxy) is 1. The van der Waals surface area contributed by atoms with Crippen molar-refractivity contribution in [2.24, 2.45) is 0 Å². The number of aromatic nitrogens is 1. The average Bonchev–Trinajstić information content (AvgIpc) is 2.66. The Hall–Kier alpha value is -3.47. The summed E-state index contributed by atoms with van der Waals surface area (Å²) in [7, 11) is 1.32. The van der Waals surface area contributed by atoms with E-state index in [-0.39, 0.29) is 5.91 Å². The number of anilines is 1. The molecular formula is C20H16N2O3. The summed E-state index contributed by atoms with van der Waals surface area (Å²) in [5, 5.41) is 3.80. The first-order valence-corrected chi connectivity index (χ1v) is 7.68. The van der Waals surface area contributed by atoms with E-state index in [4.69, 9.17) is 0 Å². The molecule has 0 saturated carbocycles. The maximum atomic E-state index is 12.3. The van der Waals surface area contributed by atoms with Gasteiger partial charge in [0.2, 0.25) is 0 Å². The molecule has 0 unspecified atom stereocenters. The van der Waals surface area contributed by atoms with E-state index in [1.54, 1.807) is 36.5 Å². The molecule has 0 spiro atoms. The Labute approximate surface area is 145 Å². The number of methoxy groups -OCH3 is 1. The Morgan fingerprint density at radius 2 is 1.84 bits per heavy atom. The first kappa shape index (κ1) is 16.4. The number of para-hydroxylation sites is 1. The molecule has 0 aliphatic rings. The molecule has 1 aromatic heterocycles. The summed E-state index contributed by atoms with van der Waals surface area (Å²) in [6, 6.07) is 16.5. The van der Waals surface area contributed by atoms with E-state index in [0.29, 0.717) is 11.3 Å². The lowest BCUT2D eigenvalue weighted by Gasteiger charge is -2.06. The van der Waals surface area contributed by atoms with E-state index in [2.05, 4.69) is 15.0 Å². The van der Waals surface area contributed by atoms with Gasteiger partial charge < -0.3 is 10.1 Å². The number of fused-ring (bicyclic) bond motifs is 1. The molecule has 0 aliphatic carbocycles. The summed E-state index contributed by atoms with van der Waals surface area (Å²) >= 11 is 0. The minimum absolute atomic E-state index is 0.222. The molecule has 0 saturated heterocycles. The van der Waals surface area contributed by atoms with Gasteiger partial charge in [-0.25, -0.2) is 4.79 Å². The van der Waals surface area contributed by atoms with Crippen LogP contribution in [0.4, 0.5) is 5.69 Å². The zero-order valence-electron chi connectivity index (χ0n) is 13.6. The summed E-state index contributed by atoms with van der Waals surface area (Å²) < 4.78 is 4.54. The third kappa shape index (κ3) is 4.09. The maximum Gasteiger partial charge on any atom is 0.330 e. The summed E-state index contributed by atoms with van der Waals surface area (Å²) in [4.78, 5) is 27.7. The van der Waals surface area contributed by atoms with Gasteiger partial charge in [0.05, 0.1) is 24.5 Å². The fourth-order valence-corrected chi connectivity index (χ4v) is 2.32. The molecule has 0 fully saturated rings. The summed E-state index contributed by atoms with van der Waals surface area (Å²) in [6.45, 7) is 0. The van der Waals surface area contributed by atoms with Gasteiger partial charge in [-0.05, 0) is 35.9 Å². The van der Waals surface area contributed by atoms with E-state index in [1.165, 1.54) is 13.2 Å². The molecule has 5 nitrogen and oxygen atoms in total. The fourth-order valence-electron chi connectivity index (χ4n) is 2.32. The quantitative estimate of drug-likeness (QED) is 0.584. The lowest BCUT2D eigenvalue weighted by Crippen LogP contribution is -2.11. The van der Waals surface area contributed by atoms with Crippen molar-refractivity contribution in [3.8, 4) is 0 Å². The van der Waals surface area contributed by atoms with Crippen LogP contribution >= 0.6 is 0 Å². The standard InChI is InChI=1S/C20H16N2O3/c1-25-19(23)11-8-14-6-9-15(10-7-14)20(24)22-17-12-16-4-2-3-5-18(16)21-13-17/h2-13H,1H3,(H,22,24)/b11-8+. The van der Waals surface area contributed by atoms with Crippen LogP contribution < -0.4 is 5.32 Å². The van der Waals surface area contributed by atoms with Crippen molar-refractivity contribution in [1.82, 2.24) is 4.98 Å². The SMILES string of the molecule is COC(=O)/C=C/c1ccc(C(=O)Nc2cnc3ccccc3c2)cc1. The summed E-state index contributed by atoms with van der Waals surface area (Å²) in [5.41, 5.74) is 2.83. The minimum Gasteiger partial charge on any atom is -0.466 e. The molecule has 1 N–H and O–H groups in total. The first-order valence-electron chi connectivity index (χ1n) is 7.68. The molecule has 5 heteroatoms. The molecule has 25 heavy (non-hydrogen) atoms. The Morgan fingerprint density at radius 1 is 1.08 bits per heavy atom. The van der Waals surface area contributed by atoms with Crippen LogP contribution in [-0.4, -0.2) is 24.0 Å². The minimum atomic E-state index is -0.425. The Bertz CT molecular complexity index is 947. The van der Waals surface area contributed by atoms with Crippen LogP contribution in [0.1, 0.15) is 15.9 Å². The molecule has 1 amide bonds. The van der Waals surface area contributed by atoms with E-state index < -0.39 is 5.97 Å². The van der Waals surface area contributed by atoms with Crippen molar-refractivity contribution in [2.75, 3.05) is 12.4 Å². The smallest absolute Gasteiger partial charge is 0.330 e. The van der Waals surface area contributed by atoms with E-state index in [9.17, 15) is 9.59 Å². The maximum absolute atomic E-state index is 12.3. The van der Waals surface area contributed by atoms with E-state index in [1.807, 2.05) is 30.3 Å². The van der Waals surface area contributed by atoms with Crippen molar-refractivity contribution in [1.29, 1.82) is 0 Å². The van der Waals surface area contributed by atoms with Crippen molar-refractivity contribution in [3.63, 3.8) is 0 Å². The predicted molar refractivity (Wildman–Crippen MR) is 97.2 cm³/mol. The van der Waals surface area contributed by atoms with Gasteiger partial charge >= 0.3 is 5.97 Å². The van der Waals surface area contributed by atoms with Gasteiger partial charge in [-0.2, -0.15) is 0 Å². The molecule has 3 rings (SSSR count). The van der Waals surface area contributed by atoms with Gasteiger partial charge in [-0.3, -0.25) is 9.78 Å². The lowest BCUT2D eigenvalue weighted by molar-refractivity contribution is -0.134. The topological polar surface area (TPSA) is 68.3 Å². The fraction of sp³-hybridized carbons (Fsp3) is 0.0500. The predicted octanol–water partition coefficient (Wildman–Crippen LogP) is 3.67. The summed E-state index contributed by atoms with van der Waals surface area (Å²) in [5.74, 6) is -0.647. The largest absolute Gasteiger partial charge is 0.466 e. The van der Waals surface area contributed by atoms with Crippen LogP contribution in [0.2, 0.25) is 0 Å². The number of pyridine rings is 1. The van der Waals surface area contributed by atoms with Crippen LogP contribution in [0.15, 0.2) is 66.9 Å². The number of carbonyl (C=O) groups excluding carboxylic acids is 2. The highest BCUT2D eigenvalue weighted by Gasteiger charge is 2.06. The summed E-state index contributed by atoms with van der Waals surface area (Å²) in [6.07, 6.45) is 4.59. The Balaban J connectivity index is 1.71.